The van der Waals surface area contributed by atoms with E-state index in [0.29, 0.717) is 18.8 Å². The van der Waals surface area contributed by atoms with Gasteiger partial charge >= 0.3 is 0 Å². The molecule has 0 spiro atoms. The van der Waals surface area contributed by atoms with Crippen LogP contribution in [0.3, 0.4) is 0 Å². The summed E-state index contributed by atoms with van der Waals surface area (Å²) in [6.45, 7) is 3.36. The maximum atomic E-state index is 9.61. The van der Waals surface area contributed by atoms with Gasteiger partial charge in [-0.25, -0.2) is 0 Å². The maximum Gasteiger partial charge on any atom is 0.161 e. The van der Waals surface area contributed by atoms with Gasteiger partial charge in [0.25, 0.3) is 0 Å². The zero-order chi connectivity index (χ0) is 9.68. The number of nitrogens with two attached hydrogens (primary N) is 1. The molecule has 3 N–H and O–H groups in total. The van der Waals surface area contributed by atoms with Crippen LogP contribution in [0.25, 0.3) is 0 Å². The first-order valence-corrected chi connectivity index (χ1v) is 4.55. The van der Waals surface area contributed by atoms with Crippen molar-refractivity contribution < 1.29 is 5.11 Å². The van der Waals surface area contributed by atoms with E-state index in [0.717, 1.165) is 13.0 Å². The lowest BCUT2D eigenvalue weighted by molar-refractivity contribution is 0.155. The van der Waals surface area contributed by atoms with E-state index in [1.165, 1.54) is 0 Å². The van der Waals surface area contributed by atoms with Gasteiger partial charge in [-0.3, -0.25) is 0 Å². The molecule has 13 heavy (non-hydrogen) atoms. The van der Waals surface area contributed by atoms with Gasteiger partial charge in [0, 0.05) is 6.54 Å². The van der Waals surface area contributed by atoms with Crippen molar-refractivity contribution in [3.63, 3.8) is 0 Å². The Labute approximate surface area is 77.6 Å². The van der Waals surface area contributed by atoms with Crippen LogP contribution in [0.4, 0.5) is 0 Å². The second kappa shape index (κ2) is 4.94. The average Bonchev–Trinajstić information content (AvgIpc) is 2.54. The predicted octanol–water partition coefficient (Wildman–Crippen LogP) is 0.0703. The second-order valence-corrected chi connectivity index (χ2v) is 2.98. The summed E-state index contributed by atoms with van der Waals surface area (Å²) >= 11 is 0. The summed E-state index contributed by atoms with van der Waals surface area (Å²) < 4.78 is 1.86. The van der Waals surface area contributed by atoms with Gasteiger partial charge < -0.3 is 15.4 Å². The molecule has 0 bridgehead atoms. The summed E-state index contributed by atoms with van der Waals surface area (Å²) in [5.74, 6) is 0.618. The van der Waals surface area contributed by atoms with Crippen molar-refractivity contribution in [3.05, 3.63) is 12.2 Å². The van der Waals surface area contributed by atoms with Gasteiger partial charge in [-0.1, -0.05) is 6.92 Å². The maximum absolute atomic E-state index is 9.61. The zero-order valence-electron chi connectivity index (χ0n) is 7.85. The lowest BCUT2D eigenvalue weighted by Crippen LogP contribution is -2.12. The normalized spacial score (nSPS) is 13.2. The van der Waals surface area contributed by atoms with Crippen molar-refractivity contribution in [2.45, 2.75) is 32.4 Å². The van der Waals surface area contributed by atoms with E-state index in [1.807, 2.05) is 4.57 Å². The van der Waals surface area contributed by atoms with Crippen molar-refractivity contribution in [3.8, 4) is 0 Å². The number of aryl methyl sites for hydroxylation is 1. The van der Waals surface area contributed by atoms with Crippen molar-refractivity contribution >= 4 is 0 Å². The zero-order valence-corrected chi connectivity index (χ0v) is 7.85. The third kappa shape index (κ3) is 2.50. The molecule has 1 atom stereocenters. The minimum Gasteiger partial charge on any atom is -0.385 e. The van der Waals surface area contributed by atoms with Crippen molar-refractivity contribution in [2.24, 2.45) is 5.73 Å². The Kier molecular flexibility index (Phi) is 3.85. The third-order valence-electron chi connectivity index (χ3n) is 1.85. The van der Waals surface area contributed by atoms with Crippen LogP contribution in [0.2, 0.25) is 0 Å². The van der Waals surface area contributed by atoms with E-state index in [2.05, 4.69) is 17.1 Å². The highest BCUT2D eigenvalue weighted by Gasteiger charge is 2.13. The fourth-order valence-electron chi connectivity index (χ4n) is 1.22. The molecule has 74 valence electrons. The highest BCUT2D eigenvalue weighted by atomic mass is 16.3. The summed E-state index contributed by atoms with van der Waals surface area (Å²) in [6.07, 6.45) is 2.58. The Balaban J connectivity index is 2.68. The molecule has 5 nitrogen and oxygen atoms in total. The molecule has 0 saturated heterocycles. The monoisotopic (exact) mass is 184 g/mol. The number of aliphatic hydroxyl groups excluding tert-OH is 1. The lowest BCUT2D eigenvalue weighted by atomic mass is 10.2. The largest absolute Gasteiger partial charge is 0.385 e. The number of rotatable bonds is 5. The van der Waals surface area contributed by atoms with E-state index < -0.39 is 6.10 Å². The van der Waals surface area contributed by atoms with Crippen LogP contribution in [0.5, 0.6) is 0 Å². The summed E-state index contributed by atoms with van der Waals surface area (Å²) in [7, 11) is 0. The molecule has 0 aliphatic heterocycles. The van der Waals surface area contributed by atoms with Gasteiger partial charge in [0.15, 0.2) is 5.82 Å². The van der Waals surface area contributed by atoms with Gasteiger partial charge in [-0.2, -0.15) is 0 Å². The molecular formula is C8H16N4O. The van der Waals surface area contributed by atoms with Gasteiger partial charge in [0.1, 0.15) is 12.4 Å². The fraction of sp³-hybridized carbons (Fsp3) is 0.750. The molecule has 0 amide bonds. The summed E-state index contributed by atoms with van der Waals surface area (Å²) in [5, 5.41) is 17.2. The van der Waals surface area contributed by atoms with Crippen LogP contribution in [0.1, 0.15) is 31.7 Å². The van der Waals surface area contributed by atoms with E-state index in [4.69, 9.17) is 5.73 Å². The van der Waals surface area contributed by atoms with Crippen LogP contribution in [0.15, 0.2) is 6.33 Å². The Morgan fingerprint density at radius 3 is 3.08 bits per heavy atom. The standard InChI is InChI=1S/C8H16N4O/c1-2-5-12-6-10-11-8(12)7(13)3-4-9/h6-7,13H,2-5,9H2,1H3. The Bertz CT molecular complexity index is 248. The number of aromatic nitrogens is 3. The quantitative estimate of drug-likeness (QED) is 0.679. The van der Waals surface area contributed by atoms with Gasteiger partial charge in [0.05, 0.1) is 0 Å². The third-order valence-corrected chi connectivity index (χ3v) is 1.85. The van der Waals surface area contributed by atoms with Crippen LogP contribution >= 0.6 is 0 Å². The Morgan fingerprint density at radius 1 is 1.69 bits per heavy atom. The average molecular weight is 184 g/mol. The van der Waals surface area contributed by atoms with Crippen molar-refractivity contribution in [2.75, 3.05) is 6.54 Å². The van der Waals surface area contributed by atoms with E-state index in [1.54, 1.807) is 6.33 Å². The molecule has 0 aliphatic rings. The van der Waals surface area contributed by atoms with Crippen molar-refractivity contribution in [1.82, 2.24) is 14.8 Å². The van der Waals surface area contributed by atoms with Gasteiger partial charge in [0.2, 0.25) is 0 Å². The van der Waals surface area contributed by atoms with Crippen LogP contribution < -0.4 is 5.73 Å². The first kappa shape index (κ1) is 10.1. The molecule has 1 aromatic heterocycles. The van der Waals surface area contributed by atoms with E-state index in [-0.39, 0.29) is 0 Å². The second-order valence-electron chi connectivity index (χ2n) is 2.98. The predicted molar refractivity (Wildman–Crippen MR) is 48.9 cm³/mol. The molecule has 1 unspecified atom stereocenters. The minimum absolute atomic E-state index is 0.458. The molecular weight excluding hydrogens is 168 g/mol. The SMILES string of the molecule is CCCn1cnnc1C(O)CCN. The van der Waals surface area contributed by atoms with E-state index >= 15 is 0 Å². The summed E-state index contributed by atoms with van der Waals surface area (Å²) in [4.78, 5) is 0. The molecule has 0 fully saturated rings. The fourth-order valence-corrected chi connectivity index (χ4v) is 1.22. The summed E-state index contributed by atoms with van der Waals surface area (Å²) in [5.41, 5.74) is 5.34. The van der Waals surface area contributed by atoms with E-state index in [9.17, 15) is 5.11 Å². The number of hydrogen-bond donors (Lipinski definition) is 2. The molecule has 1 heterocycles. The van der Waals surface area contributed by atoms with Crippen molar-refractivity contribution in [1.29, 1.82) is 0 Å². The molecule has 5 heteroatoms. The number of nitrogens with zero attached hydrogens (tertiary/aromatic N) is 3. The van der Waals surface area contributed by atoms with Gasteiger partial charge in [-0.15, -0.1) is 10.2 Å². The first-order valence-electron chi connectivity index (χ1n) is 4.55. The lowest BCUT2D eigenvalue weighted by Gasteiger charge is -2.09. The minimum atomic E-state index is -0.584. The number of hydrogen-bond acceptors (Lipinski definition) is 4. The molecule has 0 saturated carbocycles. The van der Waals surface area contributed by atoms with Crippen LogP contribution in [0, 0.1) is 0 Å². The molecule has 0 aromatic carbocycles. The first-order chi connectivity index (χ1) is 6.29. The van der Waals surface area contributed by atoms with Gasteiger partial charge in [-0.05, 0) is 19.4 Å². The smallest absolute Gasteiger partial charge is 0.161 e. The van der Waals surface area contributed by atoms with Crippen LogP contribution in [-0.2, 0) is 6.54 Å². The number of aliphatic hydroxyl groups is 1. The summed E-state index contributed by atoms with van der Waals surface area (Å²) in [6, 6.07) is 0. The molecule has 0 radical (unpaired) electrons. The highest BCUT2D eigenvalue weighted by molar-refractivity contribution is 4.90. The highest BCUT2D eigenvalue weighted by Crippen LogP contribution is 2.12. The Hall–Kier alpha value is -0.940. The molecule has 1 aromatic rings. The topological polar surface area (TPSA) is 77.0 Å². The Morgan fingerprint density at radius 2 is 2.46 bits per heavy atom. The molecule has 0 aliphatic carbocycles. The van der Waals surface area contributed by atoms with Crippen LogP contribution in [-0.4, -0.2) is 26.4 Å². The molecule has 1 rings (SSSR count).